The molecule has 4 rings (SSSR count). The second kappa shape index (κ2) is 7.07. The van der Waals surface area contributed by atoms with Crippen LogP contribution in [0.15, 0.2) is 59.4 Å². The molecule has 27 heavy (non-hydrogen) atoms. The molecule has 1 fully saturated rings. The summed E-state index contributed by atoms with van der Waals surface area (Å²) in [5.41, 5.74) is 1.75. The fraction of sp³-hybridized carbons (Fsp3) is 0.190. The Morgan fingerprint density at radius 3 is 2.59 bits per heavy atom. The van der Waals surface area contributed by atoms with Gasteiger partial charge in [-0.15, -0.1) is 0 Å². The van der Waals surface area contributed by atoms with Gasteiger partial charge in [-0.2, -0.15) is 0 Å². The third kappa shape index (κ3) is 3.46. The van der Waals surface area contributed by atoms with Crippen molar-refractivity contribution in [1.82, 2.24) is 10.3 Å². The van der Waals surface area contributed by atoms with Crippen LogP contribution in [0.4, 0.5) is 5.69 Å². The Kier molecular flexibility index (Phi) is 4.46. The number of amides is 2. The molecule has 0 radical (unpaired) electrons. The lowest BCUT2D eigenvalue weighted by atomic mass is 10.1. The van der Waals surface area contributed by atoms with Crippen molar-refractivity contribution in [2.75, 3.05) is 11.4 Å². The van der Waals surface area contributed by atoms with E-state index >= 15 is 0 Å². The van der Waals surface area contributed by atoms with Crippen molar-refractivity contribution in [2.45, 2.75) is 19.4 Å². The SMILES string of the molecule is O=C(NCc1ccc(N2CCCC2=O)cc1)c1cc2ccccc2c(=O)[nH]1. The van der Waals surface area contributed by atoms with E-state index in [1.165, 1.54) is 0 Å². The topological polar surface area (TPSA) is 82.3 Å². The molecule has 1 aliphatic rings. The Hall–Kier alpha value is -3.41. The van der Waals surface area contributed by atoms with Gasteiger partial charge in [-0.05, 0) is 41.6 Å². The minimum absolute atomic E-state index is 0.149. The summed E-state index contributed by atoms with van der Waals surface area (Å²) in [6.07, 6.45) is 1.49. The average Bonchev–Trinajstić information content (AvgIpc) is 3.12. The molecule has 2 heterocycles. The van der Waals surface area contributed by atoms with Crippen LogP contribution in [-0.4, -0.2) is 23.3 Å². The van der Waals surface area contributed by atoms with E-state index in [4.69, 9.17) is 0 Å². The molecule has 2 amide bonds. The number of aromatic amines is 1. The molecule has 6 heteroatoms. The lowest BCUT2D eigenvalue weighted by molar-refractivity contribution is -0.117. The first kappa shape index (κ1) is 17.0. The van der Waals surface area contributed by atoms with Gasteiger partial charge in [0.15, 0.2) is 0 Å². The van der Waals surface area contributed by atoms with Crippen molar-refractivity contribution in [3.8, 4) is 0 Å². The summed E-state index contributed by atoms with van der Waals surface area (Å²) in [4.78, 5) is 40.7. The van der Waals surface area contributed by atoms with Crippen molar-refractivity contribution in [3.05, 3.63) is 76.2 Å². The summed E-state index contributed by atoms with van der Waals surface area (Å²) in [6, 6.07) is 16.4. The number of rotatable bonds is 4. The maximum absolute atomic E-state index is 12.4. The molecule has 0 atom stereocenters. The van der Waals surface area contributed by atoms with Gasteiger partial charge >= 0.3 is 0 Å². The van der Waals surface area contributed by atoms with Crippen molar-refractivity contribution < 1.29 is 9.59 Å². The minimum atomic E-state index is -0.336. The van der Waals surface area contributed by atoms with Gasteiger partial charge < -0.3 is 15.2 Å². The van der Waals surface area contributed by atoms with Crippen LogP contribution in [0.1, 0.15) is 28.9 Å². The van der Waals surface area contributed by atoms with Crippen LogP contribution in [-0.2, 0) is 11.3 Å². The quantitative estimate of drug-likeness (QED) is 0.749. The van der Waals surface area contributed by atoms with E-state index in [0.717, 1.165) is 29.6 Å². The van der Waals surface area contributed by atoms with Crippen molar-refractivity contribution >= 4 is 28.3 Å². The van der Waals surface area contributed by atoms with E-state index in [2.05, 4.69) is 10.3 Å². The van der Waals surface area contributed by atoms with Gasteiger partial charge in [0, 0.05) is 30.6 Å². The normalized spacial score (nSPS) is 13.9. The van der Waals surface area contributed by atoms with Gasteiger partial charge in [-0.3, -0.25) is 14.4 Å². The second-order valence-electron chi connectivity index (χ2n) is 6.60. The first-order valence-corrected chi connectivity index (χ1v) is 8.91. The molecule has 0 spiro atoms. The summed E-state index contributed by atoms with van der Waals surface area (Å²) < 4.78 is 0. The van der Waals surface area contributed by atoms with Gasteiger partial charge in [0.25, 0.3) is 11.5 Å². The van der Waals surface area contributed by atoms with E-state index in [1.807, 2.05) is 30.3 Å². The minimum Gasteiger partial charge on any atom is -0.347 e. The Balaban J connectivity index is 1.45. The van der Waals surface area contributed by atoms with Crippen LogP contribution in [0.2, 0.25) is 0 Å². The zero-order valence-electron chi connectivity index (χ0n) is 14.7. The average molecular weight is 361 g/mol. The Morgan fingerprint density at radius 1 is 1.07 bits per heavy atom. The fourth-order valence-electron chi connectivity index (χ4n) is 3.33. The molecule has 0 bridgehead atoms. The number of nitrogens with zero attached hydrogens (tertiary/aromatic N) is 1. The molecular weight excluding hydrogens is 342 g/mol. The lowest BCUT2D eigenvalue weighted by Gasteiger charge is -2.16. The van der Waals surface area contributed by atoms with E-state index in [0.29, 0.717) is 18.4 Å². The van der Waals surface area contributed by atoms with E-state index < -0.39 is 0 Å². The maximum atomic E-state index is 12.4. The highest BCUT2D eigenvalue weighted by Crippen LogP contribution is 2.21. The van der Waals surface area contributed by atoms with Crippen LogP contribution < -0.4 is 15.8 Å². The van der Waals surface area contributed by atoms with Crippen molar-refractivity contribution in [2.24, 2.45) is 0 Å². The molecule has 6 nitrogen and oxygen atoms in total. The molecule has 2 aromatic carbocycles. The maximum Gasteiger partial charge on any atom is 0.268 e. The molecule has 1 aromatic heterocycles. The molecule has 136 valence electrons. The number of hydrogen-bond acceptors (Lipinski definition) is 3. The van der Waals surface area contributed by atoms with Crippen molar-refractivity contribution in [3.63, 3.8) is 0 Å². The van der Waals surface area contributed by atoms with Crippen LogP contribution in [0.25, 0.3) is 10.8 Å². The number of benzene rings is 2. The number of pyridine rings is 1. The number of nitrogens with one attached hydrogen (secondary N) is 2. The van der Waals surface area contributed by atoms with Gasteiger partial charge in [-0.25, -0.2) is 0 Å². The molecular formula is C21H19N3O3. The number of carbonyl (C=O) groups is 2. The van der Waals surface area contributed by atoms with E-state index in [-0.39, 0.29) is 23.1 Å². The second-order valence-corrected chi connectivity index (χ2v) is 6.60. The molecule has 3 aromatic rings. The third-order valence-electron chi connectivity index (χ3n) is 4.77. The monoisotopic (exact) mass is 361 g/mol. The van der Waals surface area contributed by atoms with Gasteiger partial charge in [0.2, 0.25) is 5.91 Å². The van der Waals surface area contributed by atoms with Crippen molar-refractivity contribution in [1.29, 1.82) is 0 Å². The number of anilines is 1. The van der Waals surface area contributed by atoms with E-state index in [9.17, 15) is 14.4 Å². The standard InChI is InChI=1S/C21H19N3O3/c25-19-6-3-11-24(19)16-9-7-14(8-10-16)13-22-21(27)18-12-15-4-1-2-5-17(15)20(26)23-18/h1-2,4-5,7-10,12H,3,6,11,13H2,(H,22,27)(H,23,26). The third-order valence-corrected chi connectivity index (χ3v) is 4.77. The number of fused-ring (bicyclic) bond motifs is 1. The molecule has 1 aliphatic heterocycles. The first-order chi connectivity index (χ1) is 13.1. The Bertz CT molecular complexity index is 1070. The molecule has 0 aliphatic carbocycles. The Morgan fingerprint density at radius 2 is 1.85 bits per heavy atom. The highest BCUT2D eigenvalue weighted by Gasteiger charge is 2.21. The largest absolute Gasteiger partial charge is 0.347 e. The molecule has 0 unspecified atom stereocenters. The lowest BCUT2D eigenvalue weighted by Crippen LogP contribution is -2.26. The number of H-pyrrole nitrogens is 1. The number of hydrogen-bond donors (Lipinski definition) is 2. The summed E-state index contributed by atoms with van der Waals surface area (Å²) in [5, 5.41) is 4.10. The fourth-order valence-corrected chi connectivity index (χ4v) is 3.33. The summed E-state index contributed by atoms with van der Waals surface area (Å²) >= 11 is 0. The highest BCUT2D eigenvalue weighted by atomic mass is 16.2. The summed E-state index contributed by atoms with van der Waals surface area (Å²) in [7, 11) is 0. The number of carbonyl (C=O) groups excluding carboxylic acids is 2. The smallest absolute Gasteiger partial charge is 0.268 e. The van der Waals surface area contributed by atoms with Crippen LogP contribution in [0, 0.1) is 0 Å². The number of aromatic nitrogens is 1. The first-order valence-electron chi connectivity index (χ1n) is 8.91. The van der Waals surface area contributed by atoms with Crippen LogP contribution >= 0.6 is 0 Å². The van der Waals surface area contributed by atoms with Gasteiger partial charge in [0.05, 0.1) is 0 Å². The predicted molar refractivity (Wildman–Crippen MR) is 104 cm³/mol. The summed E-state index contributed by atoms with van der Waals surface area (Å²) in [5.74, 6) is -0.187. The zero-order chi connectivity index (χ0) is 18.8. The predicted octanol–water partition coefficient (Wildman–Crippen LogP) is 2.58. The van der Waals surface area contributed by atoms with Crippen LogP contribution in [0.3, 0.4) is 0 Å². The van der Waals surface area contributed by atoms with E-state index in [1.54, 1.807) is 29.2 Å². The Labute approximate surface area is 155 Å². The highest BCUT2D eigenvalue weighted by molar-refractivity contribution is 5.96. The van der Waals surface area contributed by atoms with Crippen LogP contribution in [0.5, 0.6) is 0 Å². The molecule has 2 N–H and O–H groups in total. The van der Waals surface area contributed by atoms with Gasteiger partial charge in [-0.1, -0.05) is 30.3 Å². The zero-order valence-corrected chi connectivity index (χ0v) is 14.7. The molecule has 1 saturated heterocycles. The van der Waals surface area contributed by atoms with Gasteiger partial charge in [0.1, 0.15) is 5.69 Å². The molecule has 0 saturated carbocycles. The summed E-state index contributed by atoms with van der Waals surface area (Å²) in [6.45, 7) is 1.09.